The van der Waals surface area contributed by atoms with Gasteiger partial charge in [0.15, 0.2) is 0 Å². The molecule has 1 saturated carbocycles. The average Bonchev–Trinajstić information content (AvgIpc) is 3.20. The highest BCUT2D eigenvalue weighted by atomic mass is 16.5. The fourth-order valence-corrected chi connectivity index (χ4v) is 4.12. The van der Waals surface area contributed by atoms with Gasteiger partial charge in [-0.25, -0.2) is 9.03 Å². The first kappa shape index (κ1) is 15.0. The van der Waals surface area contributed by atoms with Crippen LogP contribution in [0.2, 0.25) is 0 Å². The first-order chi connectivity index (χ1) is 13.3. The molecule has 0 aromatic carbocycles. The van der Waals surface area contributed by atoms with Crippen molar-refractivity contribution < 1.29 is 9.47 Å². The number of nitrogens with zero attached hydrogens (tertiary/aromatic N) is 5. The molecule has 5 heterocycles. The Bertz CT molecular complexity index is 1160. The minimum Gasteiger partial charge on any atom is -0.479 e. The Morgan fingerprint density at radius 2 is 2.00 bits per heavy atom. The largest absolute Gasteiger partial charge is 0.479 e. The van der Waals surface area contributed by atoms with Crippen molar-refractivity contribution in [2.45, 2.75) is 6.04 Å². The van der Waals surface area contributed by atoms with Crippen LogP contribution in [0.3, 0.4) is 0 Å². The van der Waals surface area contributed by atoms with E-state index in [0.717, 1.165) is 35.4 Å². The molecule has 0 unspecified atom stereocenters. The van der Waals surface area contributed by atoms with Crippen LogP contribution in [0, 0.1) is 11.8 Å². The average molecular weight is 362 g/mol. The van der Waals surface area contributed by atoms with Gasteiger partial charge in [-0.15, -0.1) is 5.10 Å². The molecule has 2 fully saturated rings. The highest BCUT2D eigenvalue weighted by Crippen LogP contribution is 2.45. The molecule has 4 aromatic rings. The molecule has 0 bridgehead atoms. The van der Waals surface area contributed by atoms with Gasteiger partial charge < -0.3 is 14.8 Å². The third-order valence-electron chi connectivity index (χ3n) is 5.63. The van der Waals surface area contributed by atoms with E-state index in [1.165, 1.54) is 0 Å². The van der Waals surface area contributed by atoms with Crippen molar-refractivity contribution in [2.75, 3.05) is 25.6 Å². The first-order valence-electron chi connectivity index (χ1n) is 9.03. The molecule has 6 rings (SSSR count). The number of fused-ring (bicyclic) bond motifs is 3. The van der Waals surface area contributed by atoms with Crippen LogP contribution in [0.4, 0.5) is 5.95 Å². The van der Waals surface area contributed by atoms with Crippen LogP contribution in [0.1, 0.15) is 0 Å². The van der Waals surface area contributed by atoms with Gasteiger partial charge >= 0.3 is 0 Å². The minimum absolute atomic E-state index is 0.403. The summed E-state index contributed by atoms with van der Waals surface area (Å²) in [5, 5.41) is 12.3. The van der Waals surface area contributed by atoms with Gasteiger partial charge in [0.2, 0.25) is 11.8 Å². The van der Waals surface area contributed by atoms with E-state index in [9.17, 15) is 0 Å². The van der Waals surface area contributed by atoms with Crippen molar-refractivity contribution in [3.63, 3.8) is 0 Å². The number of hydrogen-bond donors (Lipinski definition) is 1. The fraction of sp³-hybridized carbons (Fsp3) is 0.316. The Labute approximate surface area is 154 Å². The second-order valence-corrected chi connectivity index (χ2v) is 7.12. The highest BCUT2D eigenvalue weighted by molar-refractivity contribution is 5.85. The molecule has 0 amide bonds. The summed E-state index contributed by atoms with van der Waals surface area (Å²) in [6.07, 6.45) is 5.68. The summed E-state index contributed by atoms with van der Waals surface area (Å²) in [5.41, 5.74) is 3.99. The minimum atomic E-state index is 0.403. The van der Waals surface area contributed by atoms with Gasteiger partial charge in [0.1, 0.15) is 5.52 Å². The molecule has 27 heavy (non-hydrogen) atoms. The molecule has 4 aromatic heterocycles. The number of pyridine rings is 1. The van der Waals surface area contributed by atoms with Crippen LogP contribution in [-0.2, 0) is 4.74 Å². The molecule has 2 aliphatic rings. The summed E-state index contributed by atoms with van der Waals surface area (Å²) >= 11 is 0. The van der Waals surface area contributed by atoms with Crippen LogP contribution in [0.15, 0.2) is 42.9 Å². The van der Waals surface area contributed by atoms with E-state index in [1.807, 2.05) is 39.6 Å². The third kappa shape index (κ3) is 2.23. The summed E-state index contributed by atoms with van der Waals surface area (Å²) in [5.74, 6) is 2.31. The standard InChI is InChI=1S/C19H18N6O2/c1-26-18-17-13(11-3-6-24-12(8-11)2-5-20-24)4-7-25(17)23-19(22-18)21-16-14-9-27-10-15(14)16/h2-8,14-16H,9-10H2,1H3,(H,21,23)/t14-,15+,16+. The molecule has 136 valence electrons. The Balaban J connectivity index is 1.41. The molecule has 1 saturated heterocycles. The maximum Gasteiger partial charge on any atom is 0.244 e. The SMILES string of the molecule is COc1nc(N[C@H]2[C@@H]3COC[C@@H]32)nn2ccc(-c3ccn4nccc4c3)c12. The van der Waals surface area contributed by atoms with E-state index in [0.29, 0.717) is 29.7 Å². The fourth-order valence-electron chi connectivity index (χ4n) is 4.12. The summed E-state index contributed by atoms with van der Waals surface area (Å²) in [6.45, 7) is 1.65. The highest BCUT2D eigenvalue weighted by Gasteiger charge is 2.54. The molecule has 1 aliphatic heterocycles. The lowest BCUT2D eigenvalue weighted by Gasteiger charge is -2.11. The van der Waals surface area contributed by atoms with Gasteiger partial charge in [-0.2, -0.15) is 10.1 Å². The van der Waals surface area contributed by atoms with Crippen molar-refractivity contribution in [3.8, 4) is 17.0 Å². The monoisotopic (exact) mass is 362 g/mol. The van der Waals surface area contributed by atoms with E-state index >= 15 is 0 Å². The first-order valence-corrected chi connectivity index (χ1v) is 9.03. The number of hydrogen-bond acceptors (Lipinski definition) is 6. The number of anilines is 1. The van der Waals surface area contributed by atoms with Gasteiger partial charge in [-0.3, -0.25) is 0 Å². The van der Waals surface area contributed by atoms with Crippen LogP contribution < -0.4 is 10.1 Å². The zero-order chi connectivity index (χ0) is 18.0. The molecular formula is C19H18N6O2. The predicted octanol–water partition coefficient (Wildman–Crippen LogP) is 2.11. The lowest BCUT2D eigenvalue weighted by molar-refractivity contribution is 0.162. The van der Waals surface area contributed by atoms with Crippen LogP contribution >= 0.6 is 0 Å². The summed E-state index contributed by atoms with van der Waals surface area (Å²) < 4.78 is 14.7. The Kier molecular flexibility index (Phi) is 3.01. The van der Waals surface area contributed by atoms with E-state index in [2.05, 4.69) is 26.6 Å². The van der Waals surface area contributed by atoms with Crippen molar-refractivity contribution >= 4 is 17.0 Å². The second kappa shape index (κ2) is 5.43. The maximum atomic E-state index is 5.60. The Hall–Kier alpha value is -3.13. The van der Waals surface area contributed by atoms with Gasteiger partial charge in [-0.1, -0.05) is 0 Å². The summed E-state index contributed by atoms with van der Waals surface area (Å²) in [4.78, 5) is 4.61. The Morgan fingerprint density at radius 3 is 2.85 bits per heavy atom. The molecule has 1 aliphatic carbocycles. The molecule has 3 atom stereocenters. The third-order valence-corrected chi connectivity index (χ3v) is 5.63. The second-order valence-electron chi connectivity index (χ2n) is 7.12. The lowest BCUT2D eigenvalue weighted by Crippen LogP contribution is -2.16. The normalized spacial score (nSPS) is 23.7. The van der Waals surface area contributed by atoms with Gasteiger partial charge in [0.05, 0.1) is 25.8 Å². The van der Waals surface area contributed by atoms with Crippen LogP contribution in [-0.4, -0.2) is 50.6 Å². The number of rotatable bonds is 4. The van der Waals surface area contributed by atoms with E-state index in [1.54, 1.807) is 13.3 Å². The van der Waals surface area contributed by atoms with Crippen LogP contribution in [0.5, 0.6) is 5.88 Å². The molecule has 1 N–H and O–H groups in total. The van der Waals surface area contributed by atoms with Gasteiger partial charge in [0, 0.05) is 42.0 Å². The smallest absolute Gasteiger partial charge is 0.244 e. The molecule has 0 radical (unpaired) electrons. The number of ether oxygens (including phenoxy) is 2. The quantitative estimate of drug-likeness (QED) is 0.599. The van der Waals surface area contributed by atoms with Crippen molar-refractivity contribution in [3.05, 3.63) is 42.9 Å². The molecule has 8 nitrogen and oxygen atoms in total. The lowest BCUT2D eigenvalue weighted by atomic mass is 10.1. The van der Waals surface area contributed by atoms with Crippen molar-refractivity contribution in [1.29, 1.82) is 0 Å². The summed E-state index contributed by atoms with van der Waals surface area (Å²) in [6, 6.07) is 8.55. The number of nitrogens with one attached hydrogen (secondary N) is 1. The molecule has 8 heteroatoms. The zero-order valence-corrected chi connectivity index (χ0v) is 14.7. The molecular weight excluding hydrogens is 344 g/mol. The topological polar surface area (TPSA) is 78.0 Å². The predicted molar refractivity (Wildman–Crippen MR) is 98.9 cm³/mol. The zero-order valence-electron chi connectivity index (χ0n) is 14.7. The van der Waals surface area contributed by atoms with Crippen molar-refractivity contribution in [1.82, 2.24) is 24.2 Å². The molecule has 0 spiro atoms. The Morgan fingerprint density at radius 1 is 1.15 bits per heavy atom. The van der Waals surface area contributed by atoms with Gasteiger partial charge in [-0.05, 0) is 29.8 Å². The van der Waals surface area contributed by atoms with Gasteiger partial charge in [0.25, 0.3) is 0 Å². The van der Waals surface area contributed by atoms with E-state index < -0.39 is 0 Å². The number of methoxy groups -OCH3 is 1. The van der Waals surface area contributed by atoms with E-state index in [4.69, 9.17) is 9.47 Å². The van der Waals surface area contributed by atoms with Crippen molar-refractivity contribution in [2.24, 2.45) is 11.8 Å². The van der Waals surface area contributed by atoms with Crippen LogP contribution in [0.25, 0.3) is 22.2 Å². The number of aromatic nitrogens is 5. The summed E-state index contributed by atoms with van der Waals surface area (Å²) in [7, 11) is 1.64. The maximum absolute atomic E-state index is 5.60. The van der Waals surface area contributed by atoms with E-state index in [-0.39, 0.29) is 0 Å².